The first-order valence-electron chi connectivity index (χ1n) is 5.72. The van der Waals surface area contributed by atoms with E-state index >= 15 is 0 Å². The molecule has 0 amide bonds. The third-order valence-corrected chi connectivity index (χ3v) is 2.45. The van der Waals surface area contributed by atoms with E-state index in [4.69, 9.17) is 10.00 Å². The van der Waals surface area contributed by atoms with Crippen LogP contribution in [0.2, 0.25) is 0 Å². The Bertz CT molecular complexity index is 469. The Balaban J connectivity index is 2.86. The number of hydrogen-bond acceptors (Lipinski definition) is 4. The molecule has 5 heteroatoms. The van der Waals surface area contributed by atoms with Gasteiger partial charge in [0.05, 0.1) is 12.2 Å². The number of esters is 1. The molecule has 0 aliphatic carbocycles. The predicted octanol–water partition coefficient (Wildman–Crippen LogP) is 2.09. The van der Waals surface area contributed by atoms with Crippen LogP contribution in [0.15, 0.2) is 18.2 Å². The maximum Gasteiger partial charge on any atom is 0.325 e. The van der Waals surface area contributed by atoms with Crippen molar-refractivity contribution in [2.45, 2.75) is 13.8 Å². The summed E-state index contributed by atoms with van der Waals surface area (Å²) in [5.74, 6) is -0.943. The van der Waals surface area contributed by atoms with Crippen molar-refractivity contribution in [1.82, 2.24) is 0 Å². The first-order valence-corrected chi connectivity index (χ1v) is 5.72. The molecule has 0 unspecified atom stereocenters. The van der Waals surface area contributed by atoms with Gasteiger partial charge in [-0.2, -0.15) is 5.26 Å². The average molecular weight is 250 g/mol. The molecule has 1 aromatic rings. The van der Waals surface area contributed by atoms with E-state index in [1.54, 1.807) is 24.0 Å². The first-order chi connectivity index (χ1) is 8.62. The van der Waals surface area contributed by atoms with Crippen LogP contribution in [0.1, 0.15) is 19.4 Å². The molecular formula is C13H15FN2O2. The second-order valence-electron chi connectivity index (χ2n) is 3.60. The fraction of sp³-hybridized carbons (Fsp3) is 0.385. The number of anilines is 1. The van der Waals surface area contributed by atoms with Crippen LogP contribution in [0.5, 0.6) is 0 Å². The number of likely N-dealkylation sites (N-methyl/N-ethyl adjacent to an activating group) is 1. The van der Waals surface area contributed by atoms with Crippen LogP contribution in [-0.2, 0) is 9.53 Å². The number of nitrogens with zero attached hydrogens (tertiary/aromatic N) is 2. The zero-order valence-corrected chi connectivity index (χ0v) is 10.4. The molecule has 0 N–H and O–H groups in total. The quantitative estimate of drug-likeness (QED) is 0.751. The largest absolute Gasteiger partial charge is 0.465 e. The van der Waals surface area contributed by atoms with Gasteiger partial charge in [-0.1, -0.05) is 0 Å². The van der Waals surface area contributed by atoms with Gasteiger partial charge in [-0.3, -0.25) is 4.79 Å². The summed E-state index contributed by atoms with van der Waals surface area (Å²) in [5.41, 5.74) is 0.549. The molecule has 1 rings (SSSR count). The highest BCUT2D eigenvalue weighted by molar-refractivity contribution is 5.75. The predicted molar refractivity (Wildman–Crippen MR) is 65.6 cm³/mol. The summed E-state index contributed by atoms with van der Waals surface area (Å²) < 4.78 is 18.3. The van der Waals surface area contributed by atoms with Crippen molar-refractivity contribution >= 4 is 11.7 Å². The lowest BCUT2D eigenvalue weighted by Crippen LogP contribution is -2.30. The zero-order valence-electron chi connectivity index (χ0n) is 10.4. The molecule has 18 heavy (non-hydrogen) atoms. The summed E-state index contributed by atoms with van der Waals surface area (Å²) in [4.78, 5) is 13.1. The van der Waals surface area contributed by atoms with Crippen LogP contribution < -0.4 is 4.90 Å². The number of rotatable bonds is 5. The standard InChI is InChI=1S/C13H15FN2O2/c1-3-16(9-13(17)18-4-2)11-6-5-10(8-15)12(14)7-11/h5-7H,3-4,9H2,1-2H3. The topological polar surface area (TPSA) is 53.3 Å². The molecule has 0 atom stereocenters. The smallest absolute Gasteiger partial charge is 0.325 e. The van der Waals surface area contributed by atoms with Crippen LogP contribution in [0.4, 0.5) is 10.1 Å². The van der Waals surface area contributed by atoms with E-state index < -0.39 is 5.82 Å². The van der Waals surface area contributed by atoms with Gasteiger partial charge in [0.15, 0.2) is 0 Å². The molecule has 0 bridgehead atoms. The molecule has 0 aromatic heterocycles. The Morgan fingerprint density at radius 1 is 1.50 bits per heavy atom. The molecule has 0 aliphatic heterocycles. The molecule has 0 fully saturated rings. The van der Waals surface area contributed by atoms with Crippen LogP contribution >= 0.6 is 0 Å². The molecule has 0 aliphatic rings. The van der Waals surface area contributed by atoms with E-state index in [1.807, 2.05) is 6.92 Å². The summed E-state index contributed by atoms with van der Waals surface area (Å²) >= 11 is 0. The summed E-state index contributed by atoms with van der Waals surface area (Å²) in [5, 5.41) is 8.64. The molecule has 0 saturated carbocycles. The van der Waals surface area contributed by atoms with Gasteiger partial charge < -0.3 is 9.64 Å². The summed E-state index contributed by atoms with van der Waals surface area (Å²) in [7, 11) is 0. The van der Waals surface area contributed by atoms with Crippen LogP contribution in [0.25, 0.3) is 0 Å². The molecule has 1 aromatic carbocycles. The number of hydrogen-bond donors (Lipinski definition) is 0. The fourth-order valence-corrected chi connectivity index (χ4v) is 1.54. The van der Waals surface area contributed by atoms with Crippen LogP contribution in [-0.4, -0.2) is 25.7 Å². The minimum absolute atomic E-state index is 0.00839. The van der Waals surface area contributed by atoms with Crippen LogP contribution in [0, 0.1) is 17.1 Å². The lowest BCUT2D eigenvalue weighted by atomic mass is 10.2. The Morgan fingerprint density at radius 3 is 2.72 bits per heavy atom. The summed E-state index contributed by atoms with van der Waals surface area (Å²) in [6.07, 6.45) is 0. The van der Waals surface area contributed by atoms with E-state index in [0.717, 1.165) is 0 Å². The molecular weight excluding hydrogens is 235 g/mol. The van der Waals surface area contributed by atoms with Gasteiger partial charge in [-0.15, -0.1) is 0 Å². The maximum absolute atomic E-state index is 13.5. The average Bonchev–Trinajstić information content (AvgIpc) is 2.36. The highest BCUT2D eigenvalue weighted by atomic mass is 19.1. The van der Waals surface area contributed by atoms with Crippen molar-refractivity contribution in [3.63, 3.8) is 0 Å². The van der Waals surface area contributed by atoms with Gasteiger partial charge in [0.1, 0.15) is 18.4 Å². The van der Waals surface area contributed by atoms with Gasteiger partial charge in [0, 0.05) is 12.2 Å². The van der Waals surface area contributed by atoms with Crippen molar-refractivity contribution in [3.05, 3.63) is 29.6 Å². The fourth-order valence-electron chi connectivity index (χ4n) is 1.54. The number of carbonyl (C=O) groups is 1. The number of halogens is 1. The Kier molecular flexibility index (Phi) is 5.12. The molecule has 0 spiro atoms. The summed E-state index contributed by atoms with van der Waals surface area (Å²) in [6.45, 7) is 4.52. The van der Waals surface area contributed by atoms with Crippen molar-refractivity contribution in [3.8, 4) is 6.07 Å². The van der Waals surface area contributed by atoms with Gasteiger partial charge in [-0.25, -0.2) is 4.39 Å². The lowest BCUT2D eigenvalue weighted by molar-refractivity contribution is -0.141. The van der Waals surface area contributed by atoms with Crippen molar-refractivity contribution in [2.24, 2.45) is 0 Å². The van der Waals surface area contributed by atoms with E-state index in [-0.39, 0.29) is 18.1 Å². The monoisotopic (exact) mass is 250 g/mol. The van der Waals surface area contributed by atoms with Crippen molar-refractivity contribution in [1.29, 1.82) is 5.26 Å². The molecule has 0 radical (unpaired) electrons. The molecule has 96 valence electrons. The Labute approximate surface area is 106 Å². The molecule has 0 heterocycles. The Morgan fingerprint density at radius 2 is 2.22 bits per heavy atom. The molecule has 0 saturated heterocycles. The van der Waals surface area contributed by atoms with Crippen molar-refractivity contribution in [2.75, 3.05) is 24.6 Å². The zero-order chi connectivity index (χ0) is 13.5. The number of ether oxygens (including phenoxy) is 1. The van der Waals surface area contributed by atoms with E-state index in [1.165, 1.54) is 12.1 Å². The van der Waals surface area contributed by atoms with Gasteiger partial charge >= 0.3 is 5.97 Å². The Hall–Kier alpha value is -2.09. The normalized spacial score (nSPS) is 9.67. The van der Waals surface area contributed by atoms with Gasteiger partial charge in [-0.05, 0) is 32.0 Å². The van der Waals surface area contributed by atoms with Gasteiger partial charge in [0.2, 0.25) is 0 Å². The minimum Gasteiger partial charge on any atom is -0.465 e. The van der Waals surface area contributed by atoms with Crippen LogP contribution in [0.3, 0.4) is 0 Å². The number of nitriles is 1. The van der Waals surface area contributed by atoms with E-state index in [2.05, 4.69) is 0 Å². The highest BCUT2D eigenvalue weighted by Gasteiger charge is 2.12. The number of benzene rings is 1. The number of carbonyl (C=O) groups excluding carboxylic acids is 1. The second-order valence-corrected chi connectivity index (χ2v) is 3.60. The maximum atomic E-state index is 13.5. The lowest BCUT2D eigenvalue weighted by Gasteiger charge is -2.22. The third kappa shape index (κ3) is 3.45. The summed E-state index contributed by atoms with van der Waals surface area (Å²) in [6, 6.07) is 6.02. The van der Waals surface area contributed by atoms with E-state index in [0.29, 0.717) is 18.8 Å². The van der Waals surface area contributed by atoms with E-state index in [9.17, 15) is 9.18 Å². The third-order valence-electron chi connectivity index (χ3n) is 2.45. The molecule has 4 nitrogen and oxygen atoms in total. The second kappa shape index (κ2) is 6.60. The van der Waals surface area contributed by atoms with Gasteiger partial charge in [0.25, 0.3) is 0 Å². The van der Waals surface area contributed by atoms with Crippen molar-refractivity contribution < 1.29 is 13.9 Å². The minimum atomic E-state index is -0.586. The highest BCUT2D eigenvalue weighted by Crippen LogP contribution is 2.18. The first kappa shape index (κ1) is 14.0. The SMILES string of the molecule is CCOC(=O)CN(CC)c1ccc(C#N)c(F)c1.